The lowest BCUT2D eigenvalue weighted by atomic mass is 10.3. The van der Waals surface area contributed by atoms with E-state index in [1.807, 2.05) is 37.3 Å². The molecule has 0 radical (unpaired) electrons. The van der Waals surface area contributed by atoms with E-state index >= 15 is 0 Å². The van der Waals surface area contributed by atoms with Gasteiger partial charge in [-0.1, -0.05) is 29.8 Å². The Morgan fingerprint density at radius 2 is 2.05 bits per heavy atom. The quantitative estimate of drug-likeness (QED) is 0.866. The van der Waals surface area contributed by atoms with E-state index in [1.54, 1.807) is 23.2 Å². The van der Waals surface area contributed by atoms with Crippen LogP contribution in [0.15, 0.2) is 48.7 Å². The van der Waals surface area contributed by atoms with Gasteiger partial charge in [0, 0.05) is 24.1 Å². The van der Waals surface area contributed by atoms with Crippen molar-refractivity contribution in [2.75, 3.05) is 16.8 Å². The molecule has 5 heteroatoms. The van der Waals surface area contributed by atoms with E-state index in [0.29, 0.717) is 17.4 Å². The van der Waals surface area contributed by atoms with E-state index < -0.39 is 0 Å². The van der Waals surface area contributed by atoms with E-state index in [-0.39, 0.29) is 6.03 Å². The molecule has 0 fully saturated rings. The van der Waals surface area contributed by atoms with E-state index in [0.717, 1.165) is 5.69 Å². The summed E-state index contributed by atoms with van der Waals surface area (Å²) in [4.78, 5) is 17.7. The predicted molar refractivity (Wildman–Crippen MR) is 77.7 cm³/mol. The fraction of sp³-hybridized carbons (Fsp3) is 0.143. The van der Waals surface area contributed by atoms with E-state index in [1.165, 1.54) is 0 Å². The molecule has 1 N–H and O–H groups in total. The topological polar surface area (TPSA) is 45.2 Å². The Labute approximate surface area is 117 Å². The van der Waals surface area contributed by atoms with Gasteiger partial charge in [-0.15, -0.1) is 0 Å². The number of anilines is 2. The first kappa shape index (κ1) is 13.4. The van der Waals surface area contributed by atoms with E-state index in [9.17, 15) is 4.79 Å². The maximum Gasteiger partial charge on any atom is 0.326 e. The van der Waals surface area contributed by atoms with Crippen LogP contribution >= 0.6 is 11.6 Å². The minimum atomic E-state index is -0.198. The average Bonchev–Trinajstić information content (AvgIpc) is 2.41. The van der Waals surface area contributed by atoms with E-state index in [2.05, 4.69) is 10.3 Å². The molecule has 0 aliphatic rings. The minimum absolute atomic E-state index is 0.198. The molecule has 1 aromatic carbocycles. The molecule has 2 rings (SSSR count). The third kappa shape index (κ3) is 3.45. The Balaban J connectivity index is 2.14. The van der Waals surface area contributed by atoms with Gasteiger partial charge in [-0.05, 0) is 31.2 Å². The summed E-state index contributed by atoms with van der Waals surface area (Å²) in [6.07, 6.45) is 1.55. The fourth-order valence-electron chi connectivity index (χ4n) is 1.72. The van der Waals surface area contributed by atoms with Crippen LogP contribution in [0.2, 0.25) is 5.15 Å². The number of rotatable bonds is 3. The highest BCUT2D eigenvalue weighted by Crippen LogP contribution is 2.16. The summed E-state index contributed by atoms with van der Waals surface area (Å²) < 4.78 is 0. The number of urea groups is 1. The highest BCUT2D eigenvalue weighted by atomic mass is 35.5. The molecule has 0 aliphatic carbocycles. The lowest BCUT2D eigenvalue weighted by Gasteiger charge is -2.21. The molecule has 4 nitrogen and oxygen atoms in total. The van der Waals surface area contributed by atoms with Gasteiger partial charge in [-0.25, -0.2) is 9.78 Å². The van der Waals surface area contributed by atoms with Crippen LogP contribution in [-0.2, 0) is 0 Å². The summed E-state index contributed by atoms with van der Waals surface area (Å²) in [7, 11) is 0. The molecule has 0 saturated heterocycles. The molecule has 0 unspecified atom stereocenters. The van der Waals surface area contributed by atoms with Crippen molar-refractivity contribution in [1.82, 2.24) is 4.98 Å². The van der Waals surface area contributed by atoms with Gasteiger partial charge in [0.15, 0.2) is 0 Å². The van der Waals surface area contributed by atoms with Crippen molar-refractivity contribution in [1.29, 1.82) is 0 Å². The average molecular weight is 276 g/mol. The zero-order valence-corrected chi connectivity index (χ0v) is 11.3. The summed E-state index contributed by atoms with van der Waals surface area (Å²) >= 11 is 5.78. The molecular formula is C14H14ClN3O. The number of pyridine rings is 1. The second kappa shape index (κ2) is 6.20. The summed E-state index contributed by atoms with van der Waals surface area (Å²) in [5, 5.41) is 3.14. The summed E-state index contributed by atoms with van der Waals surface area (Å²) in [6.45, 7) is 2.50. The number of nitrogens with zero attached hydrogens (tertiary/aromatic N) is 2. The number of halogens is 1. The number of benzene rings is 1. The minimum Gasteiger partial charge on any atom is -0.307 e. The number of carbonyl (C=O) groups excluding carboxylic acids is 1. The zero-order chi connectivity index (χ0) is 13.7. The van der Waals surface area contributed by atoms with Crippen molar-refractivity contribution in [3.05, 3.63) is 53.8 Å². The Kier molecular flexibility index (Phi) is 4.36. The molecule has 1 heterocycles. The number of aromatic nitrogens is 1. The molecule has 2 amide bonds. The normalized spacial score (nSPS) is 10.0. The molecule has 0 aliphatic heterocycles. The van der Waals surface area contributed by atoms with Gasteiger partial charge in [0.1, 0.15) is 5.15 Å². The molecule has 98 valence electrons. The van der Waals surface area contributed by atoms with Gasteiger partial charge in [-0.3, -0.25) is 4.90 Å². The van der Waals surface area contributed by atoms with Gasteiger partial charge >= 0.3 is 6.03 Å². The van der Waals surface area contributed by atoms with Crippen molar-refractivity contribution in [2.45, 2.75) is 6.92 Å². The lowest BCUT2D eigenvalue weighted by molar-refractivity contribution is 0.257. The first-order valence-electron chi connectivity index (χ1n) is 5.96. The van der Waals surface area contributed by atoms with Crippen molar-refractivity contribution in [2.24, 2.45) is 0 Å². The molecule has 0 spiro atoms. The number of para-hydroxylation sites is 1. The SMILES string of the molecule is CCN(C(=O)Nc1ccnc(Cl)c1)c1ccccc1. The lowest BCUT2D eigenvalue weighted by Crippen LogP contribution is -2.34. The molecule has 1 aromatic heterocycles. The molecule has 2 aromatic rings. The first-order valence-corrected chi connectivity index (χ1v) is 6.33. The van der Waals surface area contributed by atoms with Crippen LogP contribution < -0.4 is 10.2 Å². The van der Waals surface area contributed by atoms with E-state index in [4.69, 9.17) is 11.6 Å². The Morgan fingerprint density at radius 3 is 2.68 bits per heavy atom. The second-order valence-corrected chi connectivity index (χ2v) is 4.26. The Hall–Kier alpha value is -2.07. The number of nitrogens with one attached hydrogen (secondary N) is 1. The van der Waals surface area contributed by atoms with Gasteiger partial charge in [0.05, 0.1) is 0 Å². The molecule has 0 atom stereocenters. The van der Waals surface area contributed by atoms with Gasteiger partial charge in [0.25, 0.3) is 0 Å². The van der Waals surface area contributed by atoms with Crippen LogP contribution in [-0.4, -0.2) is 17.6 Å². The molecule has 19 heavy (non-hydrogen) atoms. The summed E-state index contributed by atoms with van der Waals surface area (Å²) in [5.74, 6) is 0. The van der Waals surface area contributed by atoms with Crippen molar-refractivity contribution in [3.8, 4) is 0 Å². The first-order chi connectivity index (χ1) is 9.20. The van der Waals surface area contributed by atoms with Gasteiger partial charge in [0.2, 0.25) is 0 Å². The molecule has 0 bridgehead atoms. The third-order valence-electron chi connectivity index (χ3n) is 2.61. The number of carbonyl (C=O) groups is 1. The standard InChI is InChI=1S/C14H14ClN3O/c1-2-18(12-6-4-3-5-7-12)14(19)17-11-8-9-16-13(15)10-11/h3-10H,2H2,1H3,(H,16,17,19). The van der Waals surface area contributed by atoms with Crippen LogP contribution in [0.4, 0.5) is 16.2 Å². The van der Waals surface area contributed by atoms with Gasteiger partial charge < -0.3 is 5.32 Å². The fourth-order valence-corrected chi connectivity index (χ4v) is 1.90. The largest absolute Gasteiger partial charge is 0.326 e. The van der Waals surface area contributed by atoms with Crippen LogP contribution in [0.5, 0.6) is 0 Å². The molecule has 0 saturated carbocycles. The van der Waals surface area contributed by atoms with Gasteiger partial charge in [-0.2, -0.15) is 0 Å². The smallest absolute Gasteiger partial charge is 0.307 e. The third-order valence-corrected chi connectivity index (χ3v) is 2.81. The maximum atomic E-state index is 12.2. The Bertz CT molecular complexity index is 560. The number of amides is 2. The molecular weight excluding hydrogens is 262 g/mol. The van der Waals surface area contributed by atoms with Crippen LogP contribution in [0.1, 0.15) is 6.92 Å². The highest BCUT2D eigenvalue weighted by molar-refractivity contribution is 6.29. The van der Waals surface area contributed by atoms with Crippen molar-refractivity contribution in [3.63, 3.8) is 0 Å². The Morgan fingerprint density at radius 1 is 1.32 bits per heavy atom. The number of hydrogen-bond donors (Lipinski definition) is 1. The van der Waals surface area contributed by atoms with Crippen molar-refractivity contribution < 1.29 is 4.79 Å². The highest BCUT2D eigenvalue weighted by Gasteiger charge is 2.13. The zero-order valence-electron chi connectivity index (χ0n) is 10.5. The van der Waals surface area contributed by atoms with Crippen LogP contribution in [0.25, 0.3) is 0 Å². The number of hydrogen-bond acceptors (Lipinski definition) is 2. The maximum absolute atomic E-state index is 12.2. The predicted octanol–water partition coefficient (Wildman–Crippen LogP) is 3.79. The summed E-state index contributed by atoms with van der Waals surface area (Å²) in [6, 6.07) is 12.6. The monoisotopic (exact) mass is 275 g/mol. The second-order valence-electron chi connectivity index (χ2n) is 3.88. The van der Waals surface area contributed by atoms with Crippen LogP contribution in [0, 0.1) is 0 Å². The van der Waals surface area contributed by atoms with Crippen LogP contribution in [0.3, 0.4) is 0 Å². The summed E-state index contributed by atoms with van der Waals surface area (Å²) in [5.41, 5.74) is 1.47. The van der Waals surface area contributed by atoms with Crippen molar-refractivity contribution >= 4 is 29.0 Å².